The second kappa shape index (κ2) is 8.01. The van der Waals surface area contributed by atoms with Gasteiger partial charge in [-0.25, -0.2) is 0 Å². The summed E-state index contributed by atoms with van der Waals surface area (Å²) in [4.78, 5) is 0. The van der Waals surface area contributed by atoms with Crippen LogP contribution in [0.5, 0.6) is 0 Å². The molecule has 0 radical (unpaired) electrons. The van der Waals surface area contributed by atoms with Crippen molar-refractivity contribution < 1.29 is 14.6 Å². The number of rotatable bonds is 8. The Balaban J connectivity index is 1.93. The van der Waals surface area contributed by atoms with Gasteiger partial charge in [-0.2, -0.15) is 0 Å². The molecule has 0 bridgehead atoms. The van der Waals surface area contributed by atoms with Gasteiger partial charge in [0.15, 0.2) is 0 Å². The van der Waals surface area contributed by atoms with E-state index in [0.29, 0.717) is 19.8 Å². The summed E-state index contributed by atoms with van der Waals surface area (Å²) in [6.07, 6.45) is 3.83. The highest BCUT2D eigenvalue weighted by molar-refractivity contribution is 4.83. The van der Waals surface area contributed by atoms with Gasteiger partial charge in [-0.15, -0.1) is 0 Å². The van der Waals surface area contributed by atoms with Gasteiger partial charge in [0, 0.05) is 6.61 Å². The molecule has 2 N–H and O–H groups in total. The van der Waals surface area contributed by atoms with Crippen LogP contribution in [0.25, 0.3) is 0 Å². The maximum Gasteiger partial charge on any atom is 0.0904 e. The van der Waals surface area contributed by atoms with E-state index in [4.69, 9.17) is 9.47 Å². The van der Waals surface area contributed by atoms with Gasteiger partial charge in [0.25, 0.3) is 0 Å². The van der Waals surface area contributed by atoms with E-state index < -0.39 is 5.60 Å². The van der Waals surface area contributed by atoms with E-state index in [-0.39, 0.29) is 0 Å². The Kier molecular flexibility index (Phi) is 6.96. The molecule has 0 atom stereocenters. The first-order chi connectivity index (χ1) is 7.77. The first-order valence-electron chi connectivity index (χ1n) is 6.35. The average molecular weight is 231 g/mol. The van der Waals surface area contributed by atoms with Crippen molar-refractivity contribution in [3.05, 3.63) is 0 Å². The predicted molar refractivity (Wildman–Crippen MR) is 63.6 cm³/mol. The van der Waals surface area contributed by atoms with E-state index in [0.717, 1.165) is 45.4 Å². The topological polar surface area (TPSA) is 50.7 Å². The summed E-state index contributed by atoms with van der Waals surface area (Å²) in [7, 11) is 0. The lowest BCUT2D eigenvalue weighted by molar-refractivity contribution is -0.0734. The van der Waals surface area contributed by atoms with E-state index in [1.54, 1.807) is 0 Å². The molecule has 16 heavy (non-hydrogen) atoms. The third-order valence-corrected chi connectivity index (χ3v) is 2.92. The van der Waals surface area contributed by atoms with Crippen molar-refractivity contribution in [2.45, 2.75) is 38.2 Å². The van der Waals surface area contributed by atoms with Crippen LogP contribution in [0.2, 0.25) is 0 Å². The Hall–Kier alpha value is -0.160. The molecular formula is C12H25NO3. The van der Waals surface area contributed by atoms with Gasteiger partial charge in [0.05, 0.1) is 25.4 Å². The zero-order valence-corrected chi connectivity index (χ0v) is 10.3. The van der Waals surface area contributed by atoms with Crippen LogP contribution >= 0.6 is 0 Å². The molecule has 0 saturated carbocycles. The van der Waals surface area contributed by atoms with Gasteiger partial charge in [0.2, 0.25) is 0 Å². The number of unbranched alkanes of at least 4 members (excludes halogenated alkanes) is 1. The number of hydrogen-bond donors (Lipinski definition) is 2. The first kappa shape index (κ1) is 13.9. The van der Waals surface area contributed by atoms with E-state index in [9.17, 15) is 5.11 Å². The molecule has 4 nitrogen and oxygen atoms in total. The fourth-order valence-electron chi connectivity index (χ4n) is 1.76. The molecule has 0 aromatic carbocycles. The lowest BCUT2D eigenvalue weighted by Crippen LogP contribution is -2.45. The molecule has 1 saturated heterocycles. The first-order valence-corrected chi connectivity index (χ1v) is 6.35. The van der Waals surface area contributed by atoms with E-state index >= 15 is 0 Å². The standard InChI is InChI=1S/C12H25NO3/c1-2-3-8-15-9-10-16-11-12(14)4-6-13-7-5-12/h13-14H,2-11H2,1H3. The summed E-state index contributed by atoms with van der Waals surface area (Å²) in [5.41, 5.74) is -0.616. The maximum absolute atomic E-state index is 10.1. The third-order valence-electron chi connectivity index (χ3n) is 2.92. The van der Waals surface area contributed by atoms with Gasteiger partial charge in [0.1, 0.15) is 0 Å². The van der Waals surface area contributed by atoms with Crippen LogP contribution in [0.15, 0.2) is 0 Å². The minimum Gasteiger partial charge on any atom is -0.387 e. The fourth-order valence-corrected chi connectivity index (χ4v) is 1.76. The average Bonchev–Trinajstić information content (AvgIpc) is 2.29. The zero-order chi connectivity index (χ0) is 11.7. The van der Waals surface area contributed by atoms with Crippen LogP contribution in [-0.4, -0.2) is 50.2 Å². The van der Waals surface area contributed by atoms with E-state index in [1.165, 1.54) is 0 Å². The molecule has 1 aliphatic rings. The second-order valence-electron chi connectivity index (χ2n) is 4.49. The van der Waals surface area contributed by atoms with Gasteiger partial charge in [-0.1, -0.05) is 13.3 Å². The molecule has 0 aromatic rings. The lowest BCUT2D eigenvalue weighted by atomic mass is 9.94. The number of piperidine rings is 1. The highest BCUT2D eigenvalue weighted by Crippen LogP contribution is 2.17. The molecule has 96 valence electrons. The number of nitrogens with one attached hydrogen (secondary N) is 1. The Morgan fingerprint density at radius 2 is 1.81 bits per heavy atom. The Morgan fingerprint density at radius 1 is 1.12 bits per heavy atom. The van der Waals surface area contributed by atoms with Crippen molar-refractivity contribution in [2.75, 3.05) is 39.5 Å². The fraction of sp³-hybridized carbons (Fsp3) is 1.00. The third kappa shape index (κ3) is 5.80. The van der Waals surface area contributed by atoms with Crippen LogP contribution < -0.4 is 5.32 Å². The molecule has 0 aliphatic carbocycles. The van der Waals surface area contributed by atoms with Crippen LogP contribution in [0.1, 0.15) is 32.6 Å². The normalized spacial score (nSPS) is 19.9. The molecule has 1 fully saturated rings. The highest BCUT2D eigenvalue weighted by Gasteiger charge is 2.28. The summed E-state index contributed by atoms with van der Waals surface area (Å²) >= 11 is 0. The molecule has 4 heteroatoms. The Bertz CT molecular complexity index is 170. The Labute approximate surface area is 98.3 Å². The number of ether oxygens (including phenoxy) is 2. The van der Waals surface area contributed by atoms with Crippen molar-refractivity contribution in [3.63, 3.8) is 0 Å². The zero-order valence-electron chi connectivity index (χ0n) is 10.3. The maximum atomic E-state index is 10.1. The summed E-state index contributed by atoms with van der Waals surface area (Å²) < 4.78 is 10.8. The lowest BCUT2D eigenvalue weighted by Gasteiger charge is -2.32. The minimum atomic E-state index is -0.616. The monoisotopic (exact) mass is 231 g/mol. The van der Waals surface area contributed by atoms with Crippen LogP contribution in [0, 0.1) is 0 Å². The van der Waals surface area contributed by atoms with Gasteiger partial charge in [-0.3, -0.25) is 0 Å². The molecule has 0 amide bonds. The summed E-state index contributed by atoms with van der Waals surface area (Å²) in [5, 5.41) is 13.3. The molecule has 0 spiro atoms. The molecule has 1 heterocycles. The van der Waals surface area contributed by atoms with Crippen LogP contribution in [0.4, 0.5) is 0 Å². The molecule has 1 rings (SSSR count). The van der Waals surface area contributed by atoms with Crippen molar-refractivity contribution in [2.24, 2.45) is 0 Å². The summed E-state index contributed by atoms with van der Waals surface area (Å²) in [6, 6.07) is 0. The molecule has 0 unspecified atom stereocenters. The van der Waals surface area contributed by atoms with E-state index in [1.807, 2.05) is 0 Å². The van der Waals surface area contributed by atoms with Gasteiger partial charge in [-0.05, 0) is 32.4 Å². The Morgan fingerprint density at radius 3 is 2.50 bits per heavy atom. The highest BCUT2D eigenvalue weighted by atomic mass is 16.5. The van der Waals surface area contributed by atoms with Gasteiger partial charge >= 0.3 is 0 Å². The largest absolute Gasteiger partial charge is 0.387 e. The number of aliphatic hydroxyl groups is 1. The molecular weight excluding hydrogens is 206 g/mol. The summed E-state index contributed by atoms with van der Waals surface area (Å²) in [5.74, 6) is 0. The SMILES string of the molecule is CCCCOCCOCC1(O)CCNCC1. The quantitative estimate of drug-likeness (QED) is 0.610. The van der Waals surface area contributed by atoms with Crippen LogP contribution in [0.3, 0.4) is 0 Å². The minimum absolute atomic E-state index is 0.436. The molecule has 1 aliphatic heterocycles. The van der Waals surface area contributed by atoms with Crippen molar-refractivity contribution in [1.82, 2.24) is 5.32 Å². The second-order valence-corrected chi connectivity index (χ2v) is 4.49. The summed E-state index contributed by atoms with van der Waals surface area (Å²) in [6.45, 7) is 6.37. The van der Waals surface area contributed by atoms with Gasteiger partial charge < -0.3 is 19.9 Å². The predicted octanol–water partition coefficient (Wildman–Crippen LogP) is 0.934. The van der Waals surface area contributed by atoms with Crippen molar-refractivity contribution in [3.8, 4) is 0 Å². The molecule has 0 aromatic heterocycles. The van der Waals surface area contributed by atoms with E-state index in [2.05, 4.69) is 12.2 Å². The van der Waals surface area contributed by atoms with Crippen LogP contribution in [-0.2, 0) is 9.47 Å². The smallest absolute Gasteiger partial charge is 0.0904 e. The number of hydrogen-bond acceptors (Lipinski definition) is 4. The van der Waals surface area contributed by atoms with Crippen molar-refractivity contribution in [1.29, 1.82) is 0 Å². The van der Waals surface area contributed by atoms with Crippen molar-refractivity contribution >= 4 is 0 Å².